The first-order chi connectivity index (χ1) is 14.6. The highest BCUT2D eigenvalue weighted by molar-refractivity contribution is 6.34. The summed E-state index contributed by atoms with van der Waals surface area (Å²) < 4.78 is 42.4. The Kier molecular flexibility index (Phi) is 6.88. The van der Waals surface area contributed by atoms with Gasteiger partial charge in [0.25, 0.3) is 0 Å². The minimum atomic E-state index is -4.79. The van der Waals surface area contributed by atoms with Gasteiger partial charge in [-0.05, 0) is 49.2 Å². The topological polar surface area (TPSA) is 50.4 Å². The third kappa shape index (κ3) is 5.00. The molecule has 1 atom stereocenters. The van der Waals surface area contributed by atoms with Crippen LogP contribution in [0, 0.1) is 6.92 Å². The van der Waals surface area contributed by atoms with Gasteiger partial charge in [-0.1, -0.05) is 48.7 Å². The number of hydroxylamine groups is 1. The Morgan fingerprint density at radius 1 is 1.16 bits per heavy atom. The summed E-state index contributed by atoms with van der Waals surface area (Å²) in [5, 5.41) is 2.93. The average molecular weight is 473 g/mol. The van der Waals surface area contributed by atoms with Crippen LogP contribution in [0.3, 0.4) is 0 Å². The summed E-state index contributed by atoms with van der Waals surface area (Å²) >= 11 is 11.9. The lowest BCUT2D eigenvalue weighted by atomic mass is 9.91. The lowest BCUT2D eigenvalue weighted by Gasteiger charge is -2.28. The molecule has 1 unspecified atom stereocenters. The summed E-state index contributed by atoms with van der Waals surface area (Å²) in [6.07, 6.45) is -1.84. The Morgan fingerprint density at radius 2 is 1.84 bits per heavy atom. The number of anilines is 1. The van der Waals surface area contributed by atoms with E-state index < -0.39 is 11.8 Å². The van der Waals surface area contributed by atoms with Gasteiger partial charge in [0.2, 0.25) is 11.5 Å². The first-order valence-electron chi connectivity index (χ1n) is 9.67. The van der Waals surface area contributed by atoms with Crippen LogP contribution in [0.2, 0.25) is 10.0 Å². The van der Waals surface area contributed by atoms with Crippen molar-refractivity contribution in [3.05, 3.63) is 69.2 Å². The van der Waals surface area contributed by atoms with Crippen molar-refractivity contribution >= 4 is 40.5 Å². The van der Waals surface area contributed by atoms with Gasteiger partial charge in [-0.15, -0.1) is 0 Å². The van der Waals surface area contributed by atoms with Crippen molar-refractivity contribution in [3.8, 4) is 0 Å². The van der Waals surface area contributed by atoms with E-state index in [2.05, 4.69) is 10.8 Å². The highest BCUT2D eigenvalue weighted by atomic mass is 35.5. The van der Waals surface area contributed by atoms with Crippen molar-refractivity contribution < 1.29 is 22.8 Å². The number of carbonyl (C=O) groups excluding carboxylic acids is 1. The summed E-state index contributed by atoms with van der Waals surface area (Å²) in [5.41, 5.74) is 1.21. The van der Waals surface area contributed by atoms with Gasteiger partial charge in [-0.25, -0.2) is 0 Å². The molecule has 0 saturated carbocycles. The number of hydrogen-bond donors (Lipinski definition) is 2. The minimum Gasteiger partial charge on any atom is -0.326 e. The van der Waals surface area contributed by atoms with Crippen LogP contribution in [0.25, 0.3) is 5.70 Å². The second-order valence-corrected chi connectivity index (χ2v) is 8.21. The molecule has 2 N–H and O–H groups in total. The van der Waals surface area contributed by atoms with Crippen molar-refractivity contribution in [1.82, 2.24) is 5.48 Å². The molecule has 0 aromatic heterocycles. The van der Waals surface area contributed by atoms with E-state index in [1.54, 1.807) is 25.1 Å². The zero-order valence-electron chi connectivity index (χ0n) is 16.9. The number of unbranched alkanes of at least 4 members (excludes halogenated alkanes) is 1. The van der Waals surface area contributed by atoms with Crippen LogP contribution in [0.1, 0.15) is 42.9 Å². The number of amides is 1. The Balaban J connectivity index is 2.00. The molecule has 0 radical (unpaired) electrons. The first-order valence-corrected chi connectivity index (χ1v) is 10.4. The van der Waals surface area contributed by atoms with E-state index in [1.165, 1.54) is 6.07 Å². The average Bonchev–Trinajstić information content (AvgIpc) is 3.14. The molecule has 0 fully saturated rings. The van der Waals surface area contributed by atoms with E-state index in [1.807, 2.05) is 6.92 Å². The van der Waals surface area contributed by atoms with Crippen molar-refractivity contribution in [1.29, 1.82) is 0 Å². The quantitative estimate of drug-likeness (QED) is 0.487. The van der Waals surface area contributed by atoms with Gasteiger partial charge in [-0.2, -0.15) is 13.2 Å². The molecule has 1 aliphatic heterocycles. The summed E-state index contributed by atoms with van der Waals surface area (Å²) in [5.74, 6) is -0.148. The predicted octanol–water partition coefficient (Wildman–Crippen LogP) is 6.76. The van der Waals surface area contributed by atoms with Gasteiger partial charge in [0.1, 0.15) is 0 Å². The predicted molar refractivity (Wildman–Crippen MR) is 116 cm³/mol. The molecule has 2 aromatic carbocycles. The molecule has 9 heteroatoms. The molecule has 1 aliphatic rings. The van der Waals surface area contributed by atoms with E-state index >= 15 is 0 Å². The molecule has 31 heavy (non-hydrogen) atoms. The van der Waals surface area contributed by atoms with Crippen LogP contribution in [-0.2, 0) is 15.2 Å². The van der Waals surface area contributed by atoms with Crippen LogP contribution < -0.4 is 10.8 Å². The Morgan fingerprint density at radius 3 is 2.45 bits per heavy atom. The lowest BCUT2D eigenvalue weighted by Crippen LogP contribution is -2.42. The molecule has 0 bridgehead atoms. The van der Waals surface area contributed by atoms with Crippen LogP contribution in [0.5, 0.6) is 0 Å². The summed E-state index contributed by atoms with van der Waals surface area (Å²) in [7, 11) is 0. The Hall–Kier alpha value is -2.22. The van der Waals surface area contributed by atoms with Crippen LogP contribution in [-0.4, -0.2) is 12.1 Å². The number of aryl methyl sites for hydroxylation is 1. The van der Waals surface area contributed by atoms with Gasteiger partial charge >= 0.3 is 6.18 Å². The number of benzene rings is 2. The fourth-order valence-corrected chi connectivity index (χ4v) is 3.75. The third-order valence-electron chi connectivity index (χ3n) is 4.96. The molecule has 3 rings (SSSR count). The molecule has 166 valence electrons. The normalized spacial score (nSPS) is 18.5. The highest BCUT2D eigenvalue weighted by Crippen LogP contribution is 2.48. The molecular weight excluding hydrogens is 452 g/mol. The maximum Gasteiger partial charge on any atom is 0.428 e. The van der Waals surface area contributed by atoms with Crippen molar-refractivity contribution in [2.45, 2.75) is 44.9 Å². The van der Waals surface area contributed by atoms with E-state index in [0.717, 1.165) is 36.6 Å². The fraction of sp³-hybridized carbons (Fsp3) is 0.318. The number of hydrogen-bond acceptors (Lipinski definition) is 3. The molecule has 1 amide bonds. The minimum absolute atomic E-state index is 0.0592. The van der Waals surface area contributed by atoms with Gasteiger partial charge in [0.15, 0.2) is 0 Å². The molecule has 0 spiro atoms. The smallest absolute Gasteiger partial charge is 0.326 e. The van der Waals surface area contributed by atoms with E-state index in [-0.39, 0.29) is 27.2 Å². The van der Waals surface area contributed by atoms with Crippen molar-refractivity contribution in [2.75, 3.05) is 5.32 Å². The second-order valence-electron chi connectivity index (χ2n) is 7.34. The monoisotopic (exact) mass is 472 g/mol. The van der Waals surface area contributed by atoms with Crippen molar-refractivity contribution in [3.63, 3.8) is 0 Å². The zero-order valence-corrected chi connectivity index (χ0v) is 18.4. The first kappa shape index (κ1) is 23.4. The van der Waals surface area contributed by atoms with Gasteiger partial charge in [0, 0.05) is 33.3 Å². The maximum atomic E-state index is 14.1. The maximum absolute atomic E-state index is 14.1. The number of halogens is 5. The van der Waals surface area contributed by atoms with Crippen LogP contribution in [0.15, 0.2) is 42.5 Å². The molecular formula is C22H21Cl2F3N2O2. The van der Waals surface area contributed by atoms with Crippen LogP contribution in [0.4, 0.5) is 18.9 Å². The Bertz CT molecular complexity index is 1000. The largest absolute Gasteiger partial charge is 0.428 e. The van der Waals surface area contributed by atoms with Gasteiger partial charge < -0.3 is 5.32 Å². The highest BCUT2D eigenvalue weighted by Gasteiger charge is 2.59. The van der Waals surface area contributed by atoms with Gasteiger partial charge in [0.05, 0.1) is 5.70 Å². The van der Waals surface area contributed by atoms with E-state index in [0.29, 0.717) is 17.7 Å². The number of rotatable bonds is 6. The SMILES string of the molecule is CCCCC(=O)Nc1cc(C2=CC(c3cc(Cl)cc(Cl)c3)(C(F)(F)F)ON2)ccc1C. The van der Waals surface area contributed by atoms with E-state index in [4.69, 9.17) is 28.0 Å². The summed E-state index contributed by atoms with van der Waals surface area (Å²) in [6, 6.07) is 8.65. The standard InChI is InChI=1S/C22H21Cl2F3N2O2/c1-3-4-5-20(30)28-18-8-14(7-6-13(18)2)19-12-21(31-29-19,22(25,26)27)15-9-16(23)11-17(24)10-15/h6-12,29H,3-5H2,1-2H3,(H,28,30). The zero-order chi connectivity index (χ0) is 22.8. The number of carbonyl (C=O) groups is 1. The second kappa shape index (κ2) is 9.10. The summed E-state index contributed by atoms with van der Waals surface area (Å²) in [6.45, 7) is 3.79. The lowest BCUT2D eigenvalue weighted by molar-refractivity contribution is -0.269. The molecule has 0 aliphatic carbocycles. The van der Waals surface area contributed by atoms with Crippen molar-refractivity contribution in [2.24, 2.45) is 0 Å². The molecule has 2 aromatic rings. The van der Waals surface area contributed by atoms with Gasteiger partial charge in [-0.3, -0.25) is 15.1 Å². The molecule has 4 nitrogen and oxygen atoms in total. The Labute approximate surface area is 188 Å². The number of alkyl halides is 3. The molecule has 1 heterocycles. The summed E-state index contributed by atoms with van der Waals surface area (Å²) in [4.78, 5) is 17.2. The third-order valence-corrected chi connectivity index (χ3v) is 5.40. The van der Waals surface area contributed by atoms with Crippen LogP contribution >= 0.6 is 23.2 Å². The van der Waals surface area contributed by atoms with E-state index in [9.17, 15) is 18.0 Å². The number of nitrogens with one attached hydrogen (secondary N) is 2. The molecule has 0 saturated heterocycles. The fourth-order valence-electron chi connectivity index (χ4n) is 3.23.